The first-order valence-corrected chi connectivity index (χ1v) is 15.4. The molecule has 0 aliphatic heterocycles. The summed E-state index contributed by atoms with van der Waals surface area (Å²) in [6.07, 6.45) is 2.05. The number of amides is 2. The molecule has 0 spiro atoms. The van der Waals surface area contributed by atoms with Crippen LogP contribution in [0, 0.1) is 6.92 Å². The van der Waals surface area contributed by atoms with Gasteiger partial charge in [-0.2, -0.15) is 0 Å². The Kier molecular flexibility index (Phi) is 11.4. The molecular formula is C30H35Cl2N3O4S. The van der Waals surface area contributed by atoms with E-state index in [2.05, 4.69) is 5.32 Å². The average Bonchev–Trinajstić information content (AvgIpc) is 2.94. The molecule has 0 saturated heterocycles. The van der Waals surface area contributed by atoms with Gasteiger partial charge in [0.1, 0.15) is 12.6 Å². The van der Waals surface area contributed by atoms with Crippen LogP contribution in [0.25, 0.3) is 0 Å². The first kappa shape index (κ1) is 31.5. The normalized spacial score (nSPS) is 12.0. The highest BCUT2D eigenvalue weighted by molar-refractivity contribution is 7.92. The number of hydrogen-bond donors (Lipinski definition) is 1. The molecule has 0 bridgehead atoms. The highest BCUT2D eigenvalue weighted by atomic mass is 35.5. The molecule has 0 fully saturated rings. The number of hydrogen-bond acceptors (Lipinski definition) is 4. The van der Waals surface area contributed by atoms with Crippen LogP contribution in [0.1, 0.15) is 44.2 Å². The minimum Gasteiger partial charge on any atom is -0.354 e. The zero-order valence-corrected chi connectivity index (χ0v) is 25.3. The molecule has 1 atom stereocenters. The van der Waals surface area contributed by atoms with Crippen LogP contribution in [-0.4, -0.2) is 44.3 Å². The van der Waals surface area contributed by atoms with Crippen molar-refractivity contribution in [1.82, 2.24) is 10.2 Å². The van der Waals surface area contributed by atoms with Gasteiger partial charge in [-0.15, -0.1) is 0 Å². The zero-order valence-electron chi connectivity index (χ0n) is 22.9. The number of anilines is 1. The third kappa shape index (κ3) is 7.99. The Hall–Kier alpha value is -3.07. The van der Waals surface area contributed by atoms with E-state index in [9.17, 15) is 18.0 Å². The standard InChI is InChI=1S/C30H35Cl2N3O4S/c1-4-6-17-33-30(37)28(5-2)34(20-23-15-16-26(31)27(32)19-23)29(36)21-35(24-12-10-11-22(3)18-24)40(38,39)25-13-8-7-9-14-25/h7-16,18-19,28H,4-6,17,20-21H2,1-3H3,(H,33,37)/t28-/m0/s1. The summed E-state index contributed by atoms with van der Waals surface area (Å²) >= 11 is 12.3. The summed E-state index contributed by atoms with van der Waals surface area (Å²) < 4.78 is 28.8. The Morgan fingerprint density at radius 3 is 2.27 bits per heavy atom. The number of halogens is 2. The Morgan fingerprint density at radius 1 is 0.925 bits per heavy atom. The van der Waals surface area contributed by atoms with Crippen molar-refractivity contribution < 1.29 is 18.0 Å². The van der Waals surface area contributed by atoms with Crippen LogP contribution in [0.5, 0.6) is 0 Å². The van der Waals surface area contributed by atoms with Crippen LogP contribution in [0.3, 0.4) is 0 Å². The van der Waals surface area contributed by atoms with Crippen molar-refractivity contribution in [1.29, 1.82) is 0 Å². The second-order valence-corrected chi connectivity index (χ2v) is 12.2. The quantitative estimate of drug-likeness (QED) is 0.235. The van der Waals surface area contributed by atoms with E-state index in [4.69, 9.17) is 23.2 Å². The summed E-state index contributed by atoms with van der Waals surface area (Å²) in [6.45, 7) is 5.72. The molecule has 10 heteroatoms. The van der Waals surface area contributed by atoms with E-state index < -0.39 is 28.5 Å². The van der Waals surface area contributed by atoms with Gasteiger partial charge in [-0.25, -0.2) is 8.42 Å². The van der Waals surface area contributed by atoms with E-state index in [1.165, 1.54) is 17.0 Å². The lowest BCUT2D eigenvalue weighted by Crippen LogP contribution is -2.52. The third-order valence-electron chi connectivity index (χ3n) is 6.45. The van der Waals surface area contributed by atoms with E-state index in [-0.39, 0.29) is 17.3 Å². The SMILES string of the molecule is CCCCNC(=O)[C@H](CC)N(Cc1ccc(Cl)c(Cl)c1)C(=O)CN(c1cccc(C)c1)S(=O)(=O)c1ccccc1. The second kappa shape index (κ2) is 14.5. The van der Waals surface area contributed by atoms with Crippen LogP contribution in [0.15, 0.2) is 77.7 Å². The lowest BCUT2D eigenvalue weighted by molar-refractivity contribution is -0.140. The maximum absolute atomic E-state index is 14.1. The topological polar surface area (TPSA) is 86.8 Å². The number of sulfonamides is 1. The van der Waals surface area contributed by atoms with Crippen LogP contribution in [0.2, 0.25) is 10.0 Å². The number of aryl methyl sites for hydroxylation is 1. The predicted molar refractivity (Wildman–Crippen MR) is 161 cm³/mol. The van der Waals surface area contributed by atoms with Crippen molar-refractivity contribution in [2.24, 2.45) is 0 Å². The zero-order chi connectivity index (χ0) is 29.3. The van der Waals surface area contributed by atoms with Gasteiger partial charge in [-0.05, 0) is 67.3 Å². The van der Waals surface area contributed by atoms with Crippen molar-refractivity contribution in [2.45, 2.75) is 57.5 Å². The lowest BCUT2D eigenvalue weighted by atomic mass is 10.1. The summed E-state index contributed by atoms with van der Waals surface area (Å²) in [4.78, 5) is 28.8. The van der Waals surface area contributed by atoms with Crippen molar-refractivity contribution >= 4 is 50.7 Å². The minimum atomic E-state index is -4.11. The maximum Gasteiger partial charge on any atom is 0.264 e. The van der Waals surface area contributed by atoms with Gasteiger partial charge in [0, 0.05) is 13.1 Å². The fourth-order valence-electron chi connectivity index (χ4n) is 4.29. The van der Waals surface area contributed by atoms with Gasteiger partial charge in [0.05, 0.1) is 20.6 Å². The summed E-state index contributed by atoms with van der Waals surface area (Å²) in [5, 5.41) is 3.60. The van der Waals surface area contributed by atoms with Gasteiger partial charge in [0.25, 0.3) is 10.0 Å². The molecule has 3 rings (SSSR count). The van der Waals surface area contributed by atoms with E-state index in [1.54, 1.807) is 54.6 Å². The predicted octanol–water partition coefficient (Wildman–Crippen LogP) is 6.22. The summed E-state index contributed by atoms with van der Waals surface area (Å²) in [5.41, 5.74) is 1.86. The first-order chi connectivity index (χ1) is 19.1. The van der Waals surface area contributed by atoms with Crippen molar-refractivity contribution in [2.75, 3.05) is 17.4 Å². The molecule has 0 unspecified atom stereocenters. The Balaban J connectivity index is 2.04. The number of nitrogens with zero attached hydrogens (tertiary/aromatic N) is 2. The molecule has 1 N–H and O–H groups in total. The number of carbonyl (C=O) groups is 2. The van der Waals surface area contributed by atoms with E-state index in [0.717, 1.165) is 22.7 Å². The van der Waals surface area contributed by atoms with Gasteiger partial charge in [0.2, 0.25) is 11.8 Å². The molecule has 3 aromatic carbocycles. The molecule has 0 heterocycles. The Bertz CT molecular complexity index is 1420. The molecule has 0 radical (unpaired) electrons. The highest BCUT2D eigenvalue weighted by Crippen LogP contribution is 2.27. The Labute approximate surface area is 247 Å². The van der Waals surface area contributed by atoms with E-state index in [0.29, 0.717) is 34.3 Å². The highest BCUT2D eigenvalue weighted by Gasteiger charge is 2.33. The first-order valence-electron chi connectivity index (χ1n) is 13.2. The molecular weight excluding hydrogens is 569 g/mol. The van der Waals surface area contributed by atoms with Crippen LogP contribution in [-0.2, 0) is 26.2 Å². The monoisotopic (exact) mass is 603 g/mol. The fourth-order valence-corrected chi connectivity index (χ4v) is 6.04. The maximum atomic E-state index is 14.1. The molecule has 0 aliphatic rings. The van der Waals surface area contributed by atoms with Crippen LogP contribution >= 0.6 is 23.2 Å². The van der Waals surface area contributed by atoms with Crippen LogP contribution in [0.4, 0.5) is 5.69 Å². The lowest BCUT2D eigenvalue weighted by Gasteiger charge is -2.33. The molecule has 214 valence electrons. The number of benzene rings is 3. The summed E-state index contributed by atoms with van der Waals surface area (Å²) in [5.74, 6) is -0.818. The van der Waals surface area contributed by atoms with Gasteiger partial charge in [-0.3, -0.25) is 13.9 Å². The van der Waals surface area contributed by atoms with Crippen molar-refractivity contribution in [3.8, 4) is 0 Å². The van der Waals surface area contributed by atoms with Gasteiger partial charge < -0.3 is 10.2 Å². The number of rotatable bonds is 13. The summed E-state index contributed by atoms with van der Waals surface area (Å²) in [6, 6.07) is 19.1. The molecule has 0 aliphatic carbocycles. The molecule has 0 aromatic heterocycles. The third-order valence-corrected chi connectivity index (χ3v) is 8.98. The molecule has 3 aromatic rings. The Morgan fingerprint density at radius 2 is 1.65 bits per heavy atom. The van der Waals surface area contributed by atoms with Crippen LogP contribution < -0.4 is 9.62 Å². The average molecular weight is 605 g/mol. The van der Waals surface area contributed by atoms with Crippen molar-refractivity contribution in [3.05, 3.63) is 94.0 Å². The number of nitrogens with one attached hydrogen (secondary N) is 1. The molecule has 7 nitrogen and oxygen atoms in total. The summed E-state index contributed by atoms with van der Waals surface area (Å²) in [7, 11) is -4.11. The van der Waals surface area contributed by atoms with Crippen molar-refractivity contribution in [3.63, 3.8) is 0 Å². The van der Waals surface area contributed by atoms with Gasteiger partial charge >= 0.3 is 0 Å². The smallest absolute Gasteiger partial charge is 0.264 e. The second-order valence-electron chi connectivity index (χ2n) is 9.50. The van der Waals surface area contributed by atoms with E-state index >= 15 is 0 Å². The van der Waals surface area contributed by atoms with Gasteiger partial charge in [0.15, 0.2) is 0 Å². The fraction of sp³-hybridized carbons (Fsp3) is 0.333. The number of carbonyl (C=O) groups excluding carboxylic acids is 2. The minimum absolute atomic E-state index is 0.0441. The number of unbranched alkanes of at least 4 members (excludes halogenated alkanes) is 1. The molecule has 40 heavy (non-hydrogen) atoms. The molecule has 2 amide bonds. The van der Waals surface area contributed by atoms with Gasteiger partial charge in [-0.1, -0.05) is 79.9 Å². The van der Waals surface area contributed by atoms with E-state index in [1.807, 2.05) is 26.8 Å². The largest absolute Gasteiger partial charge is 0.354 e. The molecule has 0 saturated carbocycles.